The molecule has 2 aromatic rings. The van der Waals surface area contributed by atoms with Gasteiger partial charge >= 0.3 is 0 Å². The summed E-state index contributed by atoms with van der Waals surface area (Å²) >= 11 is 0. The SMILES string of the molecule is CN(C)c1ccc(/C=C/Cc2ccncc2)cc1.I. The standard InChI is InChI=1S/C16H18N2.HI/c1-18(2)16-8-6-14(7-9-16)4-3-5-15-10-12-17-13-11-15;/h3-4,6-13H,5H2,1-2H3;1H/b4-3+;. The normalized spacial score (nSPS) is 10.2. The molecule has 0 amide bonds. The quantitative estimate of drug-likeness (QED) is 0.760. The Morgan fingerprint density at radius 1 is 1.00 bits per heavy atom. The molecular formula is C16H19IN2. The van der Waals surface area contributed by atoms with Crippen LogP contribution < -0.4 is 4.90 Å². The second-order valence-electron chi connectivity index (χ2n) is 4.45. The highest BCUT2D eigenvalue weighted by atomic mass is 127. The molecule has 0 saturated heterocycles. The average molecular weight is 366 g/mol. The van der Waals surface area contributed by atoms with Crippen LogP contribution in [0.25, 0.3) is 6.08 Å². The Morgan fingerprint density at radius 2 is 1.63 bits per heavy atom. The molecule has 0 spiro atoms. The van der Waals surface area contributed by atoms with Crippen LogP contribution in [0.4, 0.5) is 5.69 Å². The minimum absolute atomic E-state index is 0. The van der Waals surface area contributed by atoms with Crippen LogP contribution in [0.15, 0.2) is 54.9 Å². The smallest absolute Gasteiger partial charge is 0.0361 e. The molecule has 3 heteroatoms. The third-order valence-electron chi connectivity index (χ3n) is 2.82. The van der Waals surface area contributed by atoms with Gasteiger partial charge in [-0.2, -0.15) is 0 Å². The number of hydrogen-bond acceptors (Lipinski definition) is 2. The highest BCUT2D eigenvalue weighted by Crippen LogP contribution is 2.13. The Morgan fingerprint density at radius 3 is 2.21 bits per heavy atom. The molecule has 2 nitrogen and oxygen atoms in total. The first-order valence-electron chi connectivity index (χ1n) is 6.08. The Kier molecular flexibility index (Phi) is 6.56. The van der Waals surface area contributed by atoms with Gasteiger partial charge < -0.3 is 4.90 Å². The van der Waals surface area contributed by atoms with Crippen molar-refractivity contribution in [3.63, 3.8) is 0 Å². The third-order valence-corrected chi connectivity index (χ3v) is 2.82. The number of allylic oxidation sites excluding steroid dienone is 1. The molecular weight excluding hydrogens is 347 g/mol. The monoisotopic (exact) mass is 366 g/mol. The van der Waals surface area contributed by atoms with E-state index in [2.05, 4.69) is 46.3 Å². The van der Waals surface area contributed by atoms with E-state index in [1.54, 1.807) is 0 Å². The van der Waals surface area contributed by atoms with Crippen molar-refractivity contribution in [2.75, 3.05) is 19.0 Å². The summed E-state index contributed by atoms with van der Waals surface area (Å²) in [5.41, 5.74) is 3.74. The van der Waals surface area contributed by atoms with Crippen molar-refractivity contribution < 1.29 is 0 Å². The zero-order chi connectivity index (χ0) is 12.8. The minimum atomic E-state index is 0. The lowest BCUT2D eigenvalue weighted by molar-refractivity contribution is 1.13. The summed E-state index contributed by atoms with van der Waals surface area (Å²) in [5, 5.41) is 0. The van der Waals surface area contributed by atoms with Crippen molar-refractivity contribution in [3.8, 4) is 0 Å². The van der Waals surface area contributed by atoms with E-state index in [0.717, 1.165) is 6.42 Å². The summed E-state index contributed by atoms with van der Waals surface area (Å²) in [5.74, 6) is 0. The van der Waals surface area contributed by atoms with Crippen molar-refractivity contribution in [2.45, 2.75) is 6.42 Å². The summed E-state index contributed by atoms with van der Waals surface area (Å²) in [6, 6.07) is 12.6. The van der Waals surface area contributed by atoms with Crippen LogP contribution in [0.3, 0.4) is 0 Å². The van der Waals surface area contributed by atoms with Crippen LogP contribution in [-0.2, 0) is 6.42 Å². The van der Waals surface area contributed by atoms with E-state index in [0.29, 0.717) is 0 Å². The predicted octanol–water partition coefficient (Wildman–Crippen LogP) is 4.02. The molecule has 0 aliphatic carbocycles. The van der Waals surface area contributed by atoms with Crippen molar-refractivity contribution >= 4 is 35.7 Å². The van der Waals surface area contributed by atoms with E-state index in [-0.39, 0.29) is 24.0 Å². The fourth-order valence-corrected chi connectivity index (χ4v) is 1.73. The lowest BCUT2D eigenvalue weighted by Gasteiger charge is -2.11. The molecule has 2 rings (SSSR count). The molecule has 0 fully saturated rings. The third kappa shape index (κ3) is 5.03. The fourth-order valence-electron chi connectivity index (χ4n) is 1.73. The summed E-state index contributed by atoms with van der Waals surface area (Å²) < 4.78 is 0. The lowest BCUT2D eigenvalue weighted by atomic mass is 10.1. The molecule has 0 unspecified atom stereocenters. The second-order valence-corrected chi connectivity index (χ2v) is 4.45. The first kappa shape index (κ1) is 15.7. The van der Waals surface area contributed by atoms with Crippen molar-refractivity contribution in [2.24, 2.45) is 0 Å². The molecule has 0 radical (unpaired) electrons. The molecule has 100 valence electrons. The van der Waals surface area contributed by atoms with Gasteiger partial charge in [0.2, 0.25) is 0 Å². The highest BCUT2D eigenvalue weighted by Gasteiger charge is 1.93. The Hall–Kier alpha value is -1.36. The van der Waals surface area contributed by atoms with Crippen molar-refractivity contribution in [1.29, 1.82) is 0 Å². The molecule has 0 atom stereocenters. The van der Waals surface area contributed by atoms with Crippen molar-refractivity contribution in [3.05, 3.63) is 66.0 Å². The minimum Gasteiger partial charge on any atom is -0.378 e. The van der Waals surface area contributed by atoms with E-state index in [9.17, 15) is 0 Å². The van der Waals surface area contributed by atoms with E-state index in [1.165, 1.54) is 16.8 Å². The second kappa shape index (κ2) is 7.94. The predicted molar refractivity (Wildman–Crippen MR) is 93.2 cm³/mol. The molecule has 0 bridgehead atoms. The molecule has 1 aromatic heterocycles. The van der Waals surface area contributed by atoms with Gasteiger partial charge in [-0.25, -0.2) is 0 Å². The van der Waals surface area contributed by atoms with Gasteiger partial charge in [-0.05, 0) is 41.8 Å². The number of hydrogen-bond donors (Lipinski definition) is 0. The average Bonchev–Trinajstić information content (AvgIpc) is 2.40. The van der Waals surface area contributed by atoms with Gasteiger partial charge in [-0.3, -0.25) is 4.98 Å². The molecule has 0 saturated carbocycles. The Bertz CT molecular complexity index is 504. The largest absolute Gasteiger partial charge is 0.378 e. The number of benzene rings is 1. The van der Waals surface area contributed by atoms with Gasteiger partial charge in [-0.15, -0.1) is 24.0 Å². The molecule has 1 heterocycles. The first-order chi connectivity index (χ1) is 8.75. The van der Waals surface area contributed by atoms with E-state index in [4.69, 9.17) is 0 Å². The van der Waals surface area contributed by atoms with E-state index < -0.39 is 0 Å². The zero-order valence-corrected chi connectivity index (χ0v) is 13.6. The van der Waals surface area contributed by atoms with E-state index >= 15 is 0 Å². The Balaban J connectivity index is 0.00000180. The lowest BCUT2D eigenvalue weighted by Crippen LogP contribution is -2.07. The van der Waals surface area contributed by atoms with Crippen LogP contribution in [0, 0.1) is 0 Å². The molecule has 0 aliphatic heterocycles. The number of aromatic nitrogens is 1. The fraction of sp³-hybridized carbons (Fsp3) is 0.188. The first-order valence-corrected chi connectivity index (χ1v) is 6.08. The number of rotatable bonds is 4. The maximum atomic E-state index is 4.01. The van der Waals surface area contributed by atoms with E-state index in [1.807, 2.05) is 38.6 Å². The summed E-state index contributed by atoms with van der Waals surface area (Å²) in [4.78, 5) is 6.11. The number of halogens is 1. The zero-order valence-electron chi connectivity index (χ0n) is 11.3. The van der Waals surface area contributed by atoms with Crippen LogP contribution in [0.1, 0.15) is 11.1 Å². The maximum absolute atomic E-state index is 4.01. The van der Waals surface area contributed by atoms with Gasteiger partial charge in [0.15, 0.2) is 0 Å². The van der Waals surface area contributed by atoms with Gasteiger partial charge in [0, 0.05) is 32.2 Å². The summed E-state index contributed by atoms with van der Waals surface area (Å²) in [6.07, 6.45) is 8.93. The number of nitrogens with zero attached hydrogens (tertiary/aromatic N) is 2. The topological polar surface area (TPSA) is 16.1 Å². The molecule has 1 aromatic carbocycles. The van der Waals surface area contributed by atoms with Gasteiger partial charge in [0.25, 0.3) is 0 Å². The van der Waals surface area contributed by atoms with Crippen molar-refractivity contribution in [1.82, 2.24) is 4.98 Å². The number of pyridine rings is 1. The molecule has 0 N–H and O–H groups in total. The van der Waals surface area contributed by atoms with Gasteiger partial charge in [0.1, 0.15) is 0 Å². The van der Waals surface area contributed by atoms with Gasteiger partial charge in [0.05, 0.1) is 0 Å². The van der Waals surface area contributed by atoms with Crippen LogP contribution >= 0.6 is 24.0 Å². The Labute approximate surface area is 132 Å². The maximum Gasteiger partial charge on any atom is 0.0361 e. The summed E-state index contributed by atoms with van der Waals surface area (Å²) in [6.45, 7) is 0. The van der Waals surface area contributed by atoms with Gasteiger partial charge in [-0.1, -0.05) is 24.3 Å². The molecule has 19 heavy (non-hydrogen) atoms. The number of anilines is 1. The summed E-state index contributed by atoms with van der Waals surface area (Å²) in [7, 11) is 4.10. The molecule has 0 aliphatic rings. The van der Waals surface area contributed by atoms with Crippen LogP contribution in [0.5, 0.6) is 0 Å². The van der Waals surface area contributed by atoms with Crippen LogP contribution in [0.2, 0.25) is 0 Å². The highest BCUT2D eigenvalue weighted by molar-refractivity contribution is 14.0. The van der Waals surface area contributed by atoms with Crippen LogP contribution in [-0.4, -0.2) is 19.1 Å².